The van der Waals surface area contributed by atoms with E-state index in [1.807, 2.05) is 0 Å². The second-order valence-corrected chi connectivity index (χ2v) is 5.59. The van der Waals surface area contributed by atoms with Crippen molar-refractivity contribution in [3.63, 3.8) is 0 Å². The van der Waals surface area contributed by atoms with Crippen LogP contribution in [-0.2, 0) is 4.74 Å². The lowest BCUT2D eigenvalue weighted by molar-refractivity contribution is 0.0454. The number of hydrogen-bond acceptors (Lipinski definition) is 3. The Bertz CT molecular complexity index is 261. The van der Waals surface area contributed by atoms with Gasteiger partial charge in [-0.25, -0.2) is 9.18 Å². The Hall–Kier alpha value is -0.840. The molecule has 1 aliphatic heterocycles. The maximum atomic E-state index is 13.7. The van der Waals surface area contributed by atoms with Crippen LogP contribution in [0.4, 0.5) is 9.18 Å². The van der Waals surface area contributed by atoms with Crippen LogP contribution < -0.4 is 10.6 Å². The summed E-state index contributed by atoms with van der Waals surface area (Å²) in [4.78, 5) is 11.5. The number of carbonyl (C=O) groups is 1. The van der Waals surface area contributed by atoms with Crippen LogP contribution in [0.15, 0.2) is 0 Å². The smallest absolute Gasteiger partial charge is 0.407 e. The molecule has 5 heteroatoms. The molecule has 2 atom stereocenters. The zero-order valence-corrected chi connectivity index (χ0v) is 10.4. The van der Waals surface area contributed by atoms with Crippen LogP contribution in [0.25, 0.3) is 0 Å². The minimum atomic E-state index is -1.27. The molecule has 16 heavy (non-hydrogen) atoms. The second-order valence-electron chi connectivity index (χ2n) is 5.59. The summed E-state index contributed by atoms with van der Waals surface area (Å²) in [6.07, 6.45) is -0.170. The molecular formula is C11H21FN2O2. The highest BCUT2D eigenvalue weighted by molar-refractivity contribution is 5.68. The van der Waals surface area contributed by atoms with E-state index in [1.165, 1.54) is 6.92 Å². The van der Waals surface area contributed by atoms with Gasteiger partial charge in [-0.15, -0.1) is 0 Å². The van der Waals surface area contributed by atoms with Crippen LogP contribution in [0.1, 0.15) is 34.1 Å². The molecule has 4 nitrogen and oxygen atoms in total. The van der Waals surface area contributed by atoms with Gasteiger partial charge < -0.3 is 15.4 Å². The predicted molar refractivity (Wildman–Crippen MR) is 60.2 cm³/mol. The van der Waals surface area contributed by atoms with Crippen LogP contribution in [-0.4, -0.2) is 36.5 Å². The van der Waals surface area contributed by atoms with E-state index in [2.05, 4.69) is 10.6 Å². The number of piperidine rings is 1. The fraction of sp³-hybridized carbons (Fsp3) is 0.909. The van der Waals surface area contributed by atoms with Crippen molar-refractivity contribution in [2.45, 2.75) is 51.4 Å². The van der Waals surface area contributed by atoms with Crippen LogP contribution >= 0.6 is 0 Å². The van der Waals surface area contributed by atoms with Crippen LogP contribution in [0.2, 0.25) is 0 Å². The van der Waals surface area contributed by atoms with Crippen LogP contribution in [0.5, 0.6) is 0 Å². The standard InChI is InChI=1S/C11H21FN2O2/c1-10(2,3)16-9(15)14-8-5-11(4,12)7-13-6-8/h8,13H,5-7H2,1-4H3,(H,14,15)/t8-,11-/m0/s1. The van der Waals surface area contributed by atoms with E-state index in [0.717, 1.165) is 0 Å². The molecule has 94 valence electrons. The van der Waals surface area contributed by atoms with Gasteiger partial charge in [0.2, 0.25) is 0 Å². The Labute approximate surface area is 95.9 Å². The van der Waals surface area contributed by atoms with Crippen LogP contribution in [0.3, 0.4) is 0 Å². The number of amides is 1. The molecule has 1 fully saturated rings. The maximum absolute atomic E-state index is 13.7. The molecule has 0 bridgehead atoms. The highest BCUT2D eigenvalue weighted by Gasteiger charge is 2.33. The molecule has 0 spiro atoms. The third-order valence-electron chi connectivity index (χ3n) is 2.28. The van der Waals surface area contributed by atoms with E-state index in [1.54, 1.807) is 20.8 Å². The molecule has 1 saturated heterocycles. The first kappa shape index (κ1) is 13.2. The summed E-state index contributed by atoms with van der Waals surface area (Å²) in [6, 6.07) is -0.210. The summed E-state index contributed by atoms with van der Waals surface area (Å²) in [6.45, 7) is 7.84. The Morgan fingerprint density at radius 2 is 2.19 bits per heavy atom. The summed E-state index contributed by atoms with van der Waals surface area (Å²) in [5.74, 6) is 0. The average Bonchev–Trinajstić information content (AvgIpc) is 1.96. The summed E-state index contributed by atoms with van der Waals surface area (Å²) in [7, 11) is 0. The van der Waals surface area contributed by atoms with Gasteiger partial charge in [0.05, 0.1) is 0 Å². The first-order valence-electron chi connectivity index (χ1n) is 5.57. The van der Waals surface area contributed by atoms with E-state index in [0.29, 0.717) is 19.5 Å². The minimum Gasteiger partial charge on any atom is -0.444 e. The molecule has 1 heterocycles. The number of rotatable bonds is 1. The molecule has 0 aromatic rings. The molecule has 1 rings (SSSR count). The summed E-state index contributed by atoms with van der Waals surface area (Å²) < 4.78 is 18.8. The molecule has 0 aliphatic carbocycles. The van der Waals surface area contributed by atoms with E-state index < -0.39 is 17.4 Å². The third kappa shape index (κ3) is 4.79. The fourth-order valence-electron chi connectivity index (χ4n) is 1.74. The SMILES string of the molecule is CC(C)(C)OC(=O)N[C@@H]1CNC[C@@](C)(F)C1. The van der Waals surface area contributed by atoms with Crippen molar-refractivity contribution in [2.24, 2.45) is 0 Å². The number of alkyl halides is 1. The molecule has 0 radical (unpaired) electrons. The fourth-order valence-corrected chi connectivity index (χ4v) is 1.74. The van der Waals surface area contributed by atoms with Crippen molar-refractivity contribution < 1.29 is 13.9 Å². The molecule has 2 N–H and O–H groups in total. The molecule has 0 unspecified atom stereocenters. The number of carbonyl (C=O) groups excluding carboxylic acids is 1. The third-order valence-corrected chi connectivity index (χ3v) is 2.28. The van der Waals surface area contributed by atoms with E-state index in [4.69, 9.17) is 4.74 Å². The number of alkyl carbamates (subject to hydrolysis) is 1. The Balaban J connectivity index is 2.40. The van der Waals surface area contributed by atoms with E-state index in [9.17, 15) is 9.18 Å². The quantitative estimate of drug-likeness (QED) is 0.722. The van der Waals surface area contributed by atoms with Gasteiger partial charge in [0.25, 0.3) is 0 Å². The lowest BCUT2D eigenvalue weighted by atomic mass is 9.95. The molecule has 0 saturated carbocycles. The number of hydrogen-bond donors (Lipinski definition) is 2. The normalized spacial score (nSPS) is 30.9. The maximum Gasteiger partial charge on any atom is 0.407 e. The van der Waals surface area contributed by atoms with Crippen molar-refractivity contribution in [1.29, 1.82) is 0 Å². The number of nitrogens with one attached hydrogen (secondary N) is 2. The van der Waals surface area contributed by atoms with Gasteiger partial charge in [0.1, 0.15) is 11.3 Å². The zero-order valence-electron chi connectivity index (χ0n) is 10.4. The number of ether oxygens (including phenoxy) is 1. The average molecular weight is 232 g/mol. The Kier molecular flexibility index (Phi) is 3.78. The van der Waals surface area contributed by atoms with Gasteiger partial charge in [-0.3, -0.25) is 0 Å². The molecular weight excluding hydrogens is 211 g/mol. The predicted octanol–water partition coefficient (Wildman–Crippen LogP) is 1.60. The van der Waals surface area contributed by atoms with Gasteiger partial charge in [-0.2, -0.15) is 0 Å². The summed E-state index contributed by atoms with van der Waals surface area (Å²) in [5.41, 5.74) is -1.79. The van der Waals surface area contributed by atoms with Gasteiger partial charge in [-0.1, -0.05) is 0 Å². The first-order valence-corrected chi connectivity index (χ1v) is 5.57. The van der Waals surface area contributed by atoms with Crippen molar-refractivity contribution in [2.75, 3.05) is 13.1 Å². The topological polar surface area (TPSA) is 50.4 Å². The van der Waals surface area contributed by atoms with E-state index >= 15 is 0 Å². The summed E-state index contributed by atoms with van der Waals surface area (Å²) >= 11 is 0. The zero-order chi connectivity index (χ0) is 12.4. The van der Waals surface area contributed by atoms with Crippen molar-refractivity contribution in [1.82, 2.24) is 10.6 Å². The molecule has 0 aromatic heterocycles. The minimum absolute atomic E-state index is 0.210. The van der Waals surface area contributed by atoms with Gasteiger partial charge in [0, 0.05) is 25.6 Å². The lowest BCUT2D eigenvalue weighted by Gasteiger charge is -2.33. The van der Waals surface area contributed by atoms with Crippen molar-refractivity contribution in [3.05, 3.63) is 0 Å². The van der Waals surface area contributed by atoms with E-state index in [-0.39, 0.29) is 6.04 Å². The highest BCUT2D eigenvalue weighted by Crippen LogP contribution is 2.20. The molecule has 1 amide bonds. The second kappa shape index (κ2) is 4.57. The van der Waals surface area contributed by atoms with Crippen molar-refractivity contribution in [3.8, 4) is 0 Å². The monoisotopic (exact) mass is 232 g/mol. The van der Waals surface area contributed by atoms with Crippen molar-refractivity contribution >= 4 is 6.09 Å². The molecule has 1 aliphatic rings. The summed E-state index contributed by atoms with van der Waals surface area (Å²) in [5, 5.41) is 5.62. The largest absolute Gasteiger partial charge is 0.444 e. The highest BCUT2D eigenvalue weighted by atomic mass is 19.1. The first-order chi connectivity index (χ1) is 7.18. The van der Waals surface area contributed by atoms with Gasteiger partial charge in [-0.05, 0) is 27.7 Å². The lowest BCUT2D eigenvalue weighted by Crippen LogP contribution is -2.54. The van der Waals surface area contributed by atoms with Crippen LogP contribution in [0, 0.1) is 0 Å². The van der Waals surface area contributed by atoms with Gasteiger partial charge in [0.15, 0.2) is 0 Å². The number of halogens is 1. The molecule has 0 aromatic carbocycles. The van der Waals surface area contributed by atoms with Gasteiger partial charge >= 0.3 is 6.09 Å². The Morgan fingerprint density at radius 1 is 1.56 bits per heavy atom. The Morgan fingerprint density at radius 3 is 2.69 bits per heavy atom.